The van der Waals surface area contributed by atoms with Gasteiger partial charge in [-0.1, -0.05) is 52.3 Å². The summed E-state index contributed by atoms with van der Waals surface area (Å²) in [5, 5.41) is 4.92. The zero-order valence-electron chi connectivity index (χ0n) is 20.3. The maximum atomic E-state index is 13.3. The highest BCUT2D eigenvalue weighted by molar-refractivity contribution is 9.10. The number of halogens is 1. The Morgan fingerprint density at radius 2 is 1.69 bits per heavy atom. The molecule has 6 nitrogen and oxygen atoms in total. The summed E-state index contributed by atoms with van der Waals surface area (Å²) < 4.78 is 0.955. The van der Waals surface area contributed by atoms with Crippen LogP contribution in [0.1, 0.15) is 49.5 Å². The molecule has 35 heavy (non-hydrogen) atoms. The van der Waals surface area contributed by atoms with Crippen molar-refractivity contribution in [2.45, 2.75) is 52.2 Å². The molecule has 0 saturated carbocycles. The van der Waals surface area contributed by atoms with E-state index in [-0.39, 0.29) is 30.2 Å². The van der Waals surface area contributed by atoms with Crippen LogP contribution in [0, 0.1) is 0 Å². The molecule has 1 heterocycles. The number of amides is 3. The molecule has 7 heteroatoms. The predicted molar refractivity (Wildman–Crippen MR) is 142 cm³/mol. The van der Waals surface area contributed by atoms with Gasteiger partial charge < -0.3 is 15.1 Å². The van der Waals surface area contributed by atoms with Gasteiger partial charge in [0.15, 0.2) is 0 Å². The number of hydrogen-bond acceptors (Lipinski definition) is 3. The second kappa shape index (κ2) is 10.6. The summed E-state index contributed by atoms with van der Waals surface area (Å²) in [6.07, 6.45) is 0.746. The van der Waals surface area contributed by atoms with Gasteiger partial charge in [-0.15, -0.1) is 0 Å². The standard InChI is InChI=1S/C28H30BrN3O3/c1-18(2)30-27(34)19(3)32(17-20-12-14-22(29)15-13-20)25(33)11-6-16-31-24-10-5-8-21-7-4-9-23(26(21)24)28(31)35/h4-5,7-10,12-15,18-19H,6,11,16-17H2,1-3H3,(H,30,34). The van der Waals surface area contributed by atoms with E-state index < -0.39 is 6.04 Å². The molecular formula is C28H30BrN3O3. The Morgan fingerprint density at radius 3 is 2.37 bits per heavy atom. The van der Waals surface area contributed by atoms with Crippen LogP contribution in [0.5, 0.6) is 0 Å². The maximum absolute atomic E-state index is 13.3. The van der Waals surface area contributed by atoms with E-state index in [1.165, 1.54) is 0 Å². The van der Waals surface area contributed by atoms with E-state index in [1.807, 2.05) is 74.5 Å². The molecule has 0 aromatic heterocycles. The number of carbonyl (C=O) groups is 3. The number of carbonyl (C=O) groups excluding carboxylic acids is 3. The first-order chi connectivity index (χ1) is 16.8. The molecule has 1 unspecified atom stereocenters. The first-order valence-corrected chi connectivity index (χ1v) is 12.7. The normalized spacial score (nSPS) is 13.4. The van der Waals surface area contributed by atoms with Gasteiger partial charge in [0, 0.05) is 41.0 Å². The van der Waals surface area contributed by atoms with Gasteiger partial charge in [-0.2, -0.15) is 0 Å². The van der Waals surface area contributed by atoms with Crippen molar-refractivity contribution in [3.05, 3.63) is 76.3 Å². The van der Waals surface area contributed by atoms with Gasteiger partial charge in [-0.25, -0.2) is 0 Å². The van der Waals surface area contributed by atoms with Gasteiger partial charge in [0.2, 0.25) is 11.8 Å². The molecule has 0 fully saturated rings. The van der Waals surface area contributed by atoms with Crippen LogP contribution in [0.25, 0.3) is 10.8 Å². The largest absolute Gasteiger partial charge is 0.352 e. The van der Waals surface area contributed by atoms with Crippen molar-refractivity contribution in [2.75, 3.05) is 11.4 Å². The summed E-state index contributed by atoms with van der Waals surface area (Å²) in [6, 6.07) is 18.8. The van der Waals surface area contributed by atoms with Crippen molar-refractivity contribution in [1.82, 2.24) is 10.2 Å². The van der Waals surface area contributed by atoms with Crippen LogP contribution < -0.4 is 10.2 Å². The van der Waals surface area contributed by atoms with E-state index in [9.17, 15) is 14.4 Å². The van der Waals surface area contributed by atoms with E-state index in [0.29, 0.717) is 25.1 Å². The summed E-state index contributed by atoms with van der Waals surface area (Å²) in [5.41, 5.74) is 2.55. The van der Waals surface area contributed by atoms with Crippen LogP contribution >= 0.6 is 15.9 Å². The Balaban J connectivity index is 1.46. The van der Waals surface area contributed by atoms with Crippen LogP contribution in [0.15, 0.2) is 65.1 Å². The number of rotatable bonds is 9. The molecule has 182 valence electrons. The van der Waals surface area contributed by atoms with Gasteiger partial charge in [0.05, 0.1) is 5.69 Å². The minimum atomic E-state index is -0.611. The highest BCUT2D eigenvalue weighted by Crippen LogP contribution is 2.37. The van der Waals surface area contributed by atoms with Gasteiger partial charge in [-0.05, 0) is 62.4 Å². The SMILES string of the molecule is CC(C)NC(=O)C(C)N(Cc1ccc(Br)cc1)C(=O)CCCN1C(=O)c2cccc3cccc1c23. The van der Waals surface area contributed by atoms with Crippen LogP contribution in [0.2, 0.25) is 0 Å². The van der Waals surface area contributed by atoms with Crippen LogP contribution in [0.4, 0.5) is 5.69 Å². The van der Waals surface area contributed by atoms with Crippen molar-refractivity contribution in [2.24, 2.45) is 0 Å². The number of nitrogens with one attached hydrogen (secondary N) is 1. The lowest BCUT2D eigenvalue weighted by atomic mass is 10.1. The third kappa shape index (κ3) is 5.40. The smallest absolute Gasteiger partial charge is 0.258 e. The third-order valence-corrected chi connectivity index (χ3v) is 6.81. The Morgan fingerprint density at radius 1 is 1.00 bits per heavy atom. The minimum absolute atomic E-state index is 0.0138. The Kier molecular flexibility index (Phi) is 7.55. The Bertz CT molecular complexity index is 1250. The third-order valence-electron chi connectivity index (χ3n) is 6.29. The maximum Gasteiger partial charge on any atom is 0.258 e. The molecule has 0 aliphatic carbocycles. The average Bonchev–Trinajstić information content (AvgIpc) is 3.11. The fraction of sp³-hybridized carbons (Fsp3) is 0.321. The number of anilines is 1. The van der Waals surface area contributed by atoms with E-state index in [1.54, 1.807) is 16.7 Å². The van der Waals surface area contributed by atoms with Crippen molar-refractivity contribution in [1.29, 1.82) is 0 Å². The first kappa shape index (κ1) is 24.9. The molecule has 1 atom stereocenters. The Labute approximate surface area is 214 Å². The summed E-state index contributed by atoms with van der Waals surface area (Å²) in [5.74, 6) is -0.315. The molecule has 1 N–H and O–H groups in total. The van der Waals surface area contributed by atoms with Gasteiger partial charge in [0.25, 0.3) is 5.91 Å². The van der Waals surface area contributed by atoms with Crippen LogP contribution in [0.3, 0.4) is 0 Å². The van der Waals surface area contributed by atoms with Gasteiger partial charge in [0.1, 0.15) is 6.04 Å². The quantitative estimate of drug-likeness (QED) is 0.405. The topological polar surface area (TPSA) is 69.7 Å². The predicted octanol–water partition coefficient (Wildman–Crippen LogP) is 5.28. The second-order valence-electron chi connectivity index (χ2n) is 9.23. The van der Waals surface area contributed by atoms with E-state index >= 15 is 0 Å². The van der Waals surface area contributed by atoms with E-state index in [2.05, 4.69) is 21.2 Å². The second-order valence-corrected chi connectivity index (χ2v) is 10.1. The molecule has 3 aromatic rings. The van der Waals surface area contributed by atoms with Crippen molar-refractivity contribution in [3.63, 3.8) is 0 Å². The summed E-state index contributed by atoms with van der Waals surface area (Å²) in [7, 11) is 0. The van der Waals surface area contributed by atoms with E-state index in [0.717, 1.165) is 26.5 Å². The fourth-order valence-corrected chi connectivity index (χ4v) is 4.77. The summed E-state index contributed by atoms with van der Waals surface area (Å²) in [4.78, 5) is 42.5. The van der Waals surface area contributed by atoms with Gasteiger partial charge in [-0.3, -0.25) is 14.4 Å². The molecule has 4 rings (SSSR count). The minimum Gasteiger partial charge on any atom is -0.352 e. The molecule has 3 aromatic carbocycles. The van der Waals surface area contributed by atoms with Gasteiger partial charge >= 0.3 is 0 Å². The lowest BCUT2D eigenvalue weighted by molar-refractivity contribution is -0.140. The van der Waals surface area contributed by atoms with Crippen LogP contribution in [-0.2, 0) is 16.1 Å². The molecular weight excluding hydrogens is 506 g/mol. The van der Waals surface area contributed by atoms with Crippen molar-refractivity contribution in [3.8, 4) is 0 Å². The van der Waals surface area contributed by atoms with E-state index in [4.69, 9.17) is 0 Å². The molecule has 0 radical (unpaired) electrons. The zero-order chi connectivity index (χ0) is 25.1. The number of nitrogens with zero attached hydrogens (tertiary/aromatic N) is 2. The monoisotopic (exact) mass is 535 g/mol. The lowest BCUT2D eigenvalue weighted by Crippen LogP contribution is -2.49. The molecule has 1 aliphatic heterocycles. The molecule has 0 spiro atoms. The molecule has 0 saturated heterocycles. The molecule has 0 bridgehead atoms. The van der Waals surface area contributed by atoms with Crippen LogP contribution in [-0.4, -0.2) is 41.2 Å². The fourth-order valence-electron chi connectivity index (χ4n) is 4.51. The Hall–Kier alpha value is -3.19. The number of hydrogen-bond donors (Lipinski definition) is 1. The molecule has 1 aliphatic rings. The highest BCUT2D eigenvalue weighted by Gasteiger charge is 2.30. The van der Waals surface area contributed by atoms with Crippen molar-refractivity contribution >= 4 is 50.1 Å². The highest BCUT2D eigenvalue weighted by atomic mass is 79.9. The van der Waals surface area contributed by atoms with Crippen molar-refractivity contribution < 1.29 is 14.4 Å². The average molecular weight is 536 g/mol. The zero-order valence-corrected chi connectivity index (χ0v) is 21.8. The first-order valence-electron chi connectivity index (χ1n) is 11.9. The summed E-state index contributed by atoms with van der Waals surface area (Å²) >= 11 is 3.44. The lowest BCUT2D eigenvalue weighted by Gasteiger charge is -2.29. The number of benzene rings is 3. The summed E-state index contributed by atoms with van der Waals surface area (Å²) in [6.45, 7) is 6.34. The molecule has 3 amide bonds.